The monoisotopic (exact) mass is 357 g/mol. The highest BCUT2D eigenvalue weighted by Gasteiger charge is 2.19. The first-order valence-electron chi connectivity index (χ1n) is 8.52. The van der Waals surface area contributed by atoms with Crippen molar-refractivity contribution in [2.75, 3.05) is 31.9 Å². The molecule has 1 aliphatic rings. The van der Waals surface area contributed by atoms with E-state index in [2.05, 4.69) is 25.9 Å². The van der Waals surface area contributed by atoms with Crippen LogP contribution in [-0.2, 0) is 11.3 Å². The highest BCUT2D eigenvalue weighted by molar-refractivity contribution is 7.99. The Kier molecular flexibility index (Phi) is 6.36. The van der Waals surface area contributed by atoms with Gasteiger partial charge in [0, 0.05) is 57.0 Å². The summed E-state index contributed by atoms with van der Waals surface area (Å²) in [5.41, 5.74) is 2.14. The van der Waals surface area contributed by atoms with Crippen molar-refractivity contribution in [3.63, 3.8) is 0 Å². The SMILES string of the molecule is Cc1ccnc(SCC(=O)N2CCCN(Cc3cccnc3)CC2)n1. The molecule has 0 aromatic carbocycles. The number of nitrogens with zero attached hydrogens (tertiary/aromatic N) is 5. The summed E-state index contributed by atoms with van der Waals surface area (Å²) in [7, 11) is 0. The van der Waals surface area contributed by atoms with Gasteiger partial charge in [0.25, 0.3) is 0 Å². The maximum absolute atomic E-state index is 12.5. The number of aromatic nitrogens is 3. The van der Waals surface area contributed by atoms with Crippen LogP contribution in [0.1, 0.15) is 17.7 Å². The zero-order valence-corrected chi connectivity index (χ0v) is 15.3. The van der Waals surface area contributed by atoms with Crippen LogP contribution in [0.15, 0.2) is 41.9 Å². The number of carbonyl (C=O) groups is 1. The van der Waals surface area contributed by atoms with Crippen molar-refractivity contribution < 1.29 is 4.79 Å². The molecule has 1 aliphatic heterocycles. The topological polar surface area (TPSA) is 62.2 Å². The average Bonchev–Trinajstić information content (AvgIpc) is 2.86. The molecular weight excluding hydrogens is 334 g/mol. The zero-order chi connectivity index (χ0) is 17.5. The lowest BCUT2D eigenvalue weighted by molar-refractivity contribution is -0.128. The Morgan fingerprint density at radius 3 is 2.92 bits per heavy atom. The second kappa shape index (κ2) is 8.92. The summed E-state index contributed by atoms with van der Waals surface area (Å²) < 4.78 is 0. The molecule has 1 amide bonds. The number of thioether (sulfide) groups is 1. The van der Waals surface area contributed by atoms with Crippen molar-refractivity contribution in [3.05, 3.63) is 48.0 Å². The summed E-state index contributed by atoms with van der Waals surface area (Å²) in [6.07, 6.45) is 6.43. The minimum absolute atomic E-state index is 0.165. The van der Waals surface area contributed by atoms with E-state index in [1.54, 1.807) is 12.4 Å². The number of pyridine rings is 1. The molecule has 0 unspecified atom stereocenters. The number of hydrogen-bond acceptors (Lipinski definition) is 6. The fourth-order valence-electron chi connectivity index (χ4n) is 2.84. The minimum Gasteiger partial charge on any atom is -0.341 e. The first-order valence-corrected chi connectivity index (χ1v) is 9.51. The van der Waals surface area contributed by atoms with Gasteiger partial charge in [0.1, 0.15) is 0 Å². The van der Waals surface area contributed by atoms with Gasteiger partial charge in [-0.1, -0.05) is 17.8 Å². The number of rotatable bonds is 5. The van der Waals surface area contributed by atoms with Gasteiger partial charge in [-0.15, -0.1) is 0 Å². The molecule has 0 aliphatic carbocycles. The maximum Gasteiger partial charge on any atom is 0.233 e. The van der Waals surface area contributed by atoms with Gasteiger partial charge < -0.3 is 4.90 Å². The summed E-state index contributed by atoms with van der Waals surface area (Å²) in [4.78, 5) is 29.6. The number of amides is 1. The van der Waals surface area contributed by atoms with E-state index in [1.165, 1.54) is 17.3 Å². The number of aryl methyl sites for hydroxylation is 1. The maximum atomic E-state index is 12.5. The van der Waals surface area contributed by atoms with E-state index >= 15 is 0 Å². The van der Waals surface area contributed by atoms with Crippen LogP contribution in [-0.4, -0.2) is 62.6 Å². The first kappa shape index (κ1) is 17.8. The Morgan fingerprint density at radius 2 is 2.12 bits per heavy atom. The third-order valence-electron chi connectivity index (χ3n) is 4.17. The van der Waals surface area contributed by atoms with Crippen LogP contribution in [0.2, 0.25) is 0 Å². The van der Waals surface area contributed by atoms with Crippen molar-refractivity contribution in [2.45, 2.75) is 25.0 Å². The number of hydrogen-bond donors (Lipinski definition) is 0. The van der Waals surface area contributed by atoms with Gasteiger partial charge >= 0.3 is 0 Å². The molecule has 0 saturated carbocycles. The van der Waals surface area contributed by atoms with Gasteiger partial charge in [-0.05, 0) is 31.0 Å². The van der Waals surface area contributed by atoms with Gasteiger partial charge in [0.15, 0.2) is 5.16 Å². The van der Waals surface area contributed by atoms with Crippen LogP contribution >= 0.6 is 11.8 Å². The van der Waals surface area contributed by atoms with Crippen LogP contribution in [0, 0.1) is 6.92 Å². The van der Waals surface area contributed by atoms with Gasteiger partial charge in [-0.2, -0.15) is 0 Å². The fraction of sp³-hybridized carbons (Fsp3) is 0.444. The average molecular weight is 357 g/mol. The van der Waals surface area contributed by atoms with Crippen molar-refractivity contribution in [3.8, 4) is 0 Å². The standard InChI is InChI=1S/C18H23N5OS/c1-15-5-7-20-18(21-15)25-14-17(24)23-9-3-8-22(10-11-23)13-16-4-2-6-19-12-16/h2,4-7,12H,3,8-11,13-14H2,1H3. The van der Waals surface area contributed by atoms with Crippen molar-refractivity contribution in [1.82, 2.24) is 24.8 Å². The molecule has 2 aromatic rings. The second-order valence-corrected chi connectivity index (χ2v) is 7.08. The van der Waals surface area contributed by atoms with E-state index in [4.69, 9.17) is 0 Å². The molecule has 0 radical (unpaired) electrons. The predicted octanol–water partition coefficient (Wildman–Crippen LogP) is 2.01. The van der Waals surface area contributed by atoms with E-state index in [-0.39, 0.29) is 5.91 Å². The van der Waals surface area contributed by atoms with Crippen LogP contribution in [0.3, 0.4) is 0 Å². The summed E-state index contributed by atoms with van der Waals surface area (Å²) in [5, 5.41) is 0.668. The Morgan fingerprint density at radius 1 is 1.20 bits per heavy atom. The summed E-state index contributed by atoms with van der Waals surface area (Å²) >= 11 is 1.41. The van der Waals surface area contributed by atoms with Crippen molar-refractivity contribution in [2.24, 2.45) is 0 Å². The minimum atomic E-state index is 0.165. The van der Waals surface area contributed by atoms with Crippen molar-refractivity contribution >= 4 is 17.7 Å². The van der Waals surface area contributed by atoms with Crippen LogP contribution in [0.25, 0.3) is 0 Å². The molecule has 7 heteroatoms. The predicted molar refractivity (Wildman–Crippen MR) is 98.2 cm³/mol. The number of carbonyl (C=O) groups excluding carboxylic acids is 1. The van der Waals surface area contributed by atoms with Gasteiger partial charge in [-0.3, -0.25) is 14.7 Å². The summed E-state index contributed by atoms with van der Waals surface area (Å²) in [6, 6.07) is 5.92. The lowest BCUT2D eigenvalue weighted by Gasteiger charge is -2.21. The molecule has 25 heavy (non-hydrogen) atoms. The summed E-state index contributed by atoms with van der Waals surface area (Å²) in [6.45, 7) is 6.31. The lowest BCUT2D eigenvalue weighted by Crippen LogP contribution is -2.36. The molecule has 6 nitrogen and oxygen atoms in total. The molecule has 2 aromatic heterocycles. The molecule has 3 rings (SSSR count). The highest BCUT2D eigenvalue weighted by Crippen LogP contribution is 2.15. The molecule has 1 saturated heterocycles. The Labute approximate surface area is 152 Å². The molecule has 3 heterocycles. The van der Waals surface area contributed by atoms with Crippen LogP contribution in [0.4, 0.5) is 0 Å². The summed E-state index contributed by atoms with van der Waals surface area (Å²) in [5.74, 6) is 0.560. The molecule has 1 fully saturated rings. The Bertz CT molecular complexity index is 697. The Hall–Kier alpha value is -1.99. The first-order chi connectivity index (χ1) is 12.2. The van der Waals surface area contributed by atoms with Crippen LogP contribution in [0.5, 0.6) is 0 Å². The molecule has 0 bridgehead atoms. The van der Waals surface area contributed by atoms with Crippen molar-refractivity contribution in [1.29, 1.82) is 0 Å². The third-order valence-corrected chi connectivity index (χ3v) is 5.01. The van der Waals surface area contributed by atoms with E-state index < -0.39 is 0 Å². The fourth-order valence-corrected chi connectivity index (χ4v) is 3.62. The molecule has 132 valence electrons. The van der Waals surface area contributed by atoms with E-state index in [9.17, 15) is 4.79 Å². The zero-order valence-electron chi connectivity index (χ0n) is 14.5. The molecular formula is C18H23N5OS. The van der Waals surface area contributed by atoms with Gasteiger partial charge in [0.2, 0.25) is 5.91 Å². The smallest absolute Gasteiger partial charge is 0.233 e. The molecule has 0 N–H and O–H groups in total. The van der Waals surface area contributed by atoms with Crippen LogP contribution < -0.4 is 0 Å². The third kappa shape index (κ3) is 5.51. The quantitative estimate of drug-likeness (QED) is 0.603. The normalized spacial score (nSPS) is 15.8. The van der Waals surface area contributed by atoms with Gasteiger partial charge in [-0.25, -0.2) is 9.97 Å². The highest BCUT2D eigenvalue weighted by atomic mass is 32.2. The lowest BCUT2D eigenvalue weighted by atomic mass is 10.2. The second-order valence-electron chi connectivity index (χ2n) is 6.14. The molecule has 0 atom stereocenters. The largest absolute Gasteiger partial charge is 0.341 e. The van der Waals surface area contributed by atoms with E-state index in [1.807, 2.05) is 30.2 Å². The van der Waals surface area contributed by atoms with Gasteiger partial charge in [0.05, 0.1) is 5.75 Å². The Balaban J connectivity index is 1.48. The molecule has 0 spiro atoms. The van der Waals surface area contributed by atoms with E-state index in [0.29, 0.717) is 10.9 Å². The van der Waals surface area contributed by atoms with E-state index in [0.717, 1.165) is 44.8 Å².